The zero-order valence-corrected chi connectivity index (χ0v) is 15.8. The molecular weight excluding hydrogens is 362 g/mol. The standard InChI is InChI=1S/C22H20ClNO3/c1-27-15-8-6-13(7-9-15)17-12-21(26)24-19-10-14(11-20(25)22(17)19)16-4-2-3-5-18(16)23/h2-9,14,17H,10-12H2,1H3,(H,24,26)/t14-,17-/m1/s1. The van der Waals surface area contributed by atoms with Gasteiger partial charge < -0.3 is 10.1 Å². The Morgan fingerprint density at radius 1 is 1.00 bits per heavy atom. The predicted molar refractivity (Wildman–Crippen MR) is 104 cm³/mol. The Bertz CT molecular complexity index is 933. The summed E-state index contributed by atoms with van der Waals surface area (Å²) in [6.45, 7) is 0. The molecule has 0 unspecified atom stereocenters. The summed E-state index contributed by atoms with van der Waals surface area (Å²) in [5.74, 6) is 0.561. The van der Waals surface area contributed by atoms with Crippen molar-refractivity contribution < 1.29 is 14.3 Å². The molecule has 2 aromatic rings. The average molecular weight is 382 g/mol. The lowest BCUT2D eigenvalue weighted by molar-refractivity contribution is -0.122. The molecule has 2 aromatic carbocycles. The zero-order valence-electron chi connectivity index (χ0n) is 15.0. The smallest absolute Gasteiger partial charge is 0.225 e. The number of hydrogen-bond donors (Lipinski definition) is 1. The van der Waals surface area contributed by atoms with Crippen molar-refractivity contribution >= 4 is 23.3 Å². The van der Waals surface area contributed by atoms with E-state index in [0.29, 0.717) is 17.9 Å². The minimum atomic E-state index is -0.209. The first-order chi connectivity index (χ1) is 13.1. The first-order valence-electron chi connectivity index (χ1n) is 9.01. The predicted octanol–water partition coefficient (Wildman–Crippen LogP) is 4.35. The van der Waals surface area contributed by atoms with Crippen LogP contribution in [-0.2, 0) is 9.59 Å². The number of allylic oxidation sites excluding steroid dienone is 2. The second kappa shape index (κ2) is 7.20. The summed E-state index contributed by atoms with van der Waals surface area (Å²) in [6, 6.07) is 15.2. The third-order valence-corrected chi connectivity index (χ3v) is 5.74. The van der Waals surface area contributed by atoms with E-state index >= 15 is 0 Å². The molecule has 2 atom stereocenters. The van der Waals surface area contributed by atoms with E-state index in [-0.39, 0.29) is 29.9 Å². The molecule has 1 N–H and O–H groups in total. The number of amides is 1. The van der Waals surface area contributed by atoms with Crippen molar-refractivity contribution in [3.63, 3.8) is 0 Å². The second-order valence-electron chi connectivity index (χ2n) is 7.02. The summed E-state index contributed by atoms with van der Waals surface area (Å²) in [4.78, 5) is 25.4. The fourth-order valence-corrected chi connectivity index (χ4v) is 4.40. The van der Waals surface area contributed by atoms with Crippen molar-refractivity contribution in [2.24, 2.45) is 0 Å². The Labute approximate surface area is 163 Å². The number of benzene rings is 2. The van der Waals surface area contributed by atoms with Crippen molar-refractivity contribution in [3.05, 3.63) is 76.0 Å². The summed E-state index contributed by atoms with van der Waals surface area (Å²) in [5.41, 5.74) is 3.40. The highest BCUT2D eigenvalue weighted by Gasteiger charge is 2.38. The Hall–Kier alpha value is -2.59. The van der Waals surface area contributed by atoms with Gasteiger partial charge in [0, 0.05) is 35.1 Å². The topological polar surface area (TPSA) is 55.4 Å². The van der Waals surface area contributed by atoms with Gasteiger partial charge in [-0.3, -0.25) is 9.59 Å². The third-order valence-electron chi connectivity index (χ3n) is 5.40. The zero-order chi connectivity index (χ0) is 19.0. The van der Waals surface area contributed by atoms with Crippen molar-refractivity contribution in [2.45, 2.75) is 31.1 Å². The van der Waals surface area contributed by atoms with Crippen molar-refractivity contribution in [1.29, 1.82) is 0 Å². The van der Waals surface area contributed by atoms with Gasteiger partial charge in [0.2, 0.25) is 5.91 Å². The van der Waals surface area contributed by atoms with Crippen molar-refractivity contribution in [2.75, 3.05) is 7.11 Å². The lowest BCUT2D eigenvalue weighted by Crippen LogP contribution is -2.38. The van der Waals surface area contributed by atoms with Gasteiger partial charge in [-0.05, 0) is 41.7 Å². The first kappa shape index (κ1) is 17.8. The van der Waals surface area contributed by atoms with Gasteiger partial charge in [0.05, 0.1) is 7.11 Å². The van der Waals surface area contributed by atoms with Crippen molar-refractivity contribution in [1.82, 2.24) is 5.32 Å². The number of rotatable bonds is 3. The Kier molecular flexibility index (Phi) is 4.75. The molecule has 1 aliphatic carbocycles. The van der Waals surface area contributed by atoms with Gasteiger partial charge in [0.1, 0.15) is 5.75 Å². The molecule has 1 amide bonds. The summed E-state index contributed by atoms with van der Waals surface area (Å²) < 4.78 is 5.21. The molecule has 4 nitrogen and oxygen atoms in total. The summed E-state index contributed by atoms with van der Waals surface area (Å²) in [7, 11) is 1.61. The monoisotopic (exact) mass is 381 g/mol. The average Bonchev–Trinajstić information content (AvgIpc) is 2.67. The van der Waals surface area contributed by atoms with Gasteiger partial charge in [-0.25, -0.2) is 0 Å². The first-order valence-corrected chi connectivity index (χ1v) is 9.39. The molecule has 0 fully saturated rings. The third kappa shape index (κ3) is 3.37. The molecule has 0 bridgehead atoms. The minimum Gasteiger partial charge on any atom is -0.497 e. The normalized spacial score (nSPS) is 22.3. The van der Waals surface area contributed by atoms with Crippen LogP contribution in [0.25, 0.3) is 0 Å². The Morgan fingerprint density at radius 2 is 1.74 bits per heavy atom. The van der Waals surface area contributed by atoms with E-state index in [1.165, 1.54) is 0 Å². The molecule has 0 spiro atoms. The number of carbonyl (C=O) groups is 2. The molecule has 27 heavy (non-hydrogen) atoms. The highest BCUT2D eigenvalue weighted by atomic mass is 35.5. The maximum Gasteiger partial charge on any atom is 0.225 e. The molecule has 138 valence electrons. The Balaban J connectivity index is 1.70. The van der Waals surface area contributed by atoms with Crippen LogP contribution < -0.4 is 10.1 Å². The molecule has 0 saturated heterocycles. The molecule has 4 rings (SSSR count). The van der Waals surface area contributed by atoms with Crippen LogP contribution in [0.5, 0.6) is 5.75 Å². The van der Waals surface area contributed by atoms with E-state index in [0.717, 1.165) is 28.1 Å². The summed E-state index contributed by atoms with van der Waals surface area (Å²) >= 11 is 6.34. The molecule has 5 heteroatoms. The van der Waals surface area contributed by atoms with Crippen LogP contribution >= 0.6 is 11.6 Å². The SMILES string of the molecule is COc1ccc([C@H]2CC(=O)NC3=C2C(=O)C[C@H](c2ccccc2Cl)C3)cc1. The second-order valence-corrected chi connectivity index (χ2v) is 7.43. The van der Waals surface area contributed by atoms with Crippen molar-refractivity contribution in [3.8, 4) is 5.75 Å². The largest absolute Gasteiger partial charge is 0.497 e. The quantitative estimate of drug-likeness (QED) is 0.859. The van der Waals surface area contributed by atoms with E-state index in [1.807, 2.05) is 48.5 Å². The molecule has 0 saturated carbocycles. The molecule has 1 heterocycles. The van der Waals surface area contributed by atoms with Crippen LogP contribution in [0.3, 0.4) is 0 Å². The number of Topliss-reactive ketones (excluding diaryl/α,β-unsaturated/α-hetero) is 1. The fraction of sp³-hybridized carbons (Fsp3) is 0.273. The van der Waals surface area contributed by atoms with Crippen LogP contribution in [0.1, 0.15) is 42.2 Å². The maximum atomic E-state index is 13.1. The van der Waals surface area contributed by atoms with Gasteiger partial charge in [-0.1, -0.05) is 41.9 Å². The van der Waals surface area contributed by atoms with Crippen LogP contribution in [0.2, 0.25) is 5.02 Å². The fourth-order valence-electron chi connectivity index (χ4n) is 4.11. The van der Waals surface area contributed by atoms with Crippen LogP contribution in [-0.4, -0.2) is 18.8 Å². The number of methoxy groups -OCH3 is 1. The number of carbonyl (C=O) groups excluding carboxylic acids is 2. The van der Waals surface area contributed by atoms with Crippen LogP contribution in [0.4, 0.5) is 0 Å². The molecule has 0 aromatic heterocycles. The number of hydrogen-bond acceptors (Lipinski definition) is 3. The number of nitrogens with one attached hydrogen (secondary N) is 1. The van der Waals surface area contributed by atoms with Gasteiger partial charge in [0.25, 0.3) is 0 Å². The van der Waals surface area contributed by atoms with E-state index in [2.05, 4.69) is 5.32 Å². The van der Waals surface area contributed by atoms with Gasteiger partial charge >= 0.3 is 0 Å². The van der Waals surface area contributed by atoms with Crippen LogP contribution in [0, 0.1) is 0 Å². The van der Waals surface area contributed by atoms with E-state index in [4.69, 9.17) is 16.3 Å². The van der Waals surface area contributed by atoms with Gasteiger partial charge in [-0.15, -0.1) is 0 Å². The molecule has 2 aliphatic rings. The lowest BCUT2D eigenvalue weighted by atomic mass is 9.73. The van der Waals surface area contributed by atoms with E-state index in [1.54, 1.807) is 7.11 Å². The summed E-state index contributed by atoms with van der Waals surface area (Å²) in [5, 5.41) is 3.60. The highest BCUT2D eigenvalue weighted by molar-refractivity contribution is 6.31. The van der Waals surface area contributed by atoms with E-state index in [9.17, 15) is 9.59 Å². The van der Waals surface area contributed by atoms with Gasteiger partial charge in [-0.2, -0.15) is 0 Å². The highest BCUT2D eigenvalue weighted by Crippen LogP contribution is 2.43. The van der Waals surface area contributed by atoms with E-state index < -0.39 is 0 Å². The number of ether oxygens (including phenoxy) is 1. The lowest BCUT2D eigenvalue weighted by Gasteiger charge is -2.34. The molecule has 1 aliphatic heterocycles. The van der Waals surface area contributed by atoms with Gasteiger partial charge in [0.15, 0.2) is 5.78 Å². The van der Waals surface area contributed by atoms with Crippen LogP contribution in [0.15, 0.2) is 59.8 Å². The number of halogens is 1. The molecule has 0 radical (unpaired) electrons. The number of ketones is 1. The Morgan fingerprint density at radius 3 is 2.44 bits per heavy atom. The summed E-state index contributed by atoms with van der Waals surface area (Å²) in [6.07, 6.45) is 1.31. The molecular formula is C22H20ClNO3. The maximum absolute atomic E-state index is 13.1. The minimum absolute atomic E-state index is 0.0140.